The van der Waals surface area contributed by atoms with E-state index < -0.39 is 0 Å². The van der Waals surface area contributed by atoms with Crippen LogP contribution in [0, 0.1) is 0 Å². The van der Waals surface area contributed by atoms with Crippen LogP contribution in [0.3, 0.4) is 0 Å². The van der Waals surface area contributed by atoms with Gasteiger partial charge >= 0.3 is 0 Å². The molecule has 0 aliphatic carbocycles. The quantitative estimate of drug-likeness (QED) is 0.518. The third-order valence-corrected chi connectivity index (χ3v) is 6.20. The van der Waals surface area contributed by atoms with E-state index in [0.29, 0.717) is 0 Å². The van der Waals surface area contributed by atoms with Gasteiger partial charge in [-0.25, -0.2) is 5.01 Å². The maximum Gasteiger partial charge on any atom is 0.214 e. The summed E-state index contributed by atoms with van der Waals surface area (Å²) in [6.45, 7) is 0. The van der Waals surface area contributed by atoms with Crippen LogP contribution >= 0.6 is 27.3 Å². The van der Waals surface area contributed by atoms with Crippen LogP contribution < -0.4 is 9.47 Å². The lowest BCUT2D eigenvalue weighted by molar-refractivity contribution is -0.0188. The summed E-state index contributed by atoms with van der Waals surface area (Å²) in [5, 5.41) is 11.3. The highest BCUT2D eigenvalue weighted by molar-refractivity contribution is 9.10. The van der Waals surface area contributed by atoms with E-state index in [4.69, 9.17) is 14.6 Å². The number of methoxy groups -OCH3 is 1. The third-order valence-electron chi connectivity index (χ3n) is 5.00. The van der Waals surface area contributed by atoms with Crippen LogP contribution in [-0.4, -0.2) is 17.8 Å². The van der Waals surface area contributed by atoms with Crippen LogP contribution in [0.1, 0.15) is 35.4 Å². The zero-order chi connectivity index (χ0) is 18.4. The molecule has 1 aromatic heterocycles. The second-order valence-electron chi connectivity index (χ2n) is 6.58. The zero-order valence-electron chi connectivity index (χ0n) is 14.6. The van der Waals surface area contributed by atoms with Crippen molar-refractivity contribution in [3.63, 3.8) is 0 Å². The van der Waals surface area contributed by atoms with Crippen LogP contribution in [0.5, 0.6) is 11.5 Å². The Hall–Kier alpha value is -2.31. The van der Waals surface area contributed by atoms with Crippen molar-refractivity contribution in [2.24, 2.45) is 5.10 Å². The average Bonchev–Trinajstić information content (AvgIpc) is 3.38. The first-order valence-corrected chi connectivity index (χ1v) is 10.4. The Balaban J connectivity index is 1.57. The molecule has 2 unspecified atom stereocenters. The molecule has 2 atom stereocenters. The Morgan fingerprint density at radius 1 is 1.19 bits per heavy atom. The second kappa shape index (κ2) is 6.69. The van der Waals surface area contributed by atoms with E-state index in [0.717, 1.165) is 39.2 Å². The number of rotatable bonds is 3. The van der Waals surface area contributed by atoms with Crippen LogP contribution in [0.25, 0.3) is 0 Å². The highest BCUT2D eigenvalue weighted by Gasteiger charge is 2.41. The molecule has 4 nitrogen and oxygen atoms in total. The highest BCUT2D eigenvalue weighted by atomic mass is 79.9. The molecule has 27 heavy (non-hydrogen) atoms. The molecule has 2 aliphatic heterocycles. The molecule has 0 fully saturated rings. The van der Waals surface area contributed by atoms with Crippen molar-refractivity contribution in [3.8, 4) is 11.5 Å². The summed E-state index contributed by atoms with van der Waals surface area (Å²) in [4.78, 5) is 0. The van der Waals surface area contributed by atoms with E-state index in [2.05, 4.69) is 56.0 Å². The molecule has 136 valence electrons. The smallest absolute Gasteiger partial charge is 0.214 e. The van der Waals surface area contributed by atoms with E-state index in [-0.39, 0.29) is 12.3 Å². The van der Waals surface area contributed by atoms with Crippen molar-refractivity contribution in [2.45, 2.75) is 18.7 Å². The summed E-state index contributed by atoms with van der Waals surface area (Å²) in [6, 6.07) is 16.6. The minimum Gasteiger partial charge on any atom is -0.497 e. The molecule has 2 aromatic carbocycles. The first-order valence-electron chi connectivity index (χ1n) is 8.71. The van der Waals surface area contributed by atoms with E-state index in [1.165, 1.54) is 5.56 Å². The fourth-order valence-corrected chi connectivity index (χ4v) is 4.70. The van der Waals surface area contributed by atoms with Crippen molar-refractivity contribution < 1.29 is 9.47 Å². The number of benzene rings is 2. The predicted molar refractivity (Wildman–Crippen MR) is 111 cm³/mol. The molecule has 0 saturated carbocycles. The molecule has 0 amide bonds. The molecular formula is C21H17BrN2O2S. The molecule has 0 bridgehead atoms. The highest BCUT2D eigenvalue weighted by Crippen LogP contribution is 2.48. The number of hydrogen-bond donors (Lipinski definition) is 0. The summed E-state index contributed by atoms with van der Waals surface area (Å²) >= 11 is 5.27. The average molecular weight is 441 g/mol. The van der Waals surface area contributed by atoms with Crippen LogP contribution in [0.4, 0.5) is 0 Å². The number of ether oxygens (including phenoxy) is 2. The number of hydrazone groups is 1. The van der Waals surface area contributed by atoms with Gasteiger partial charge in [0.2, 0.25) is 6.23 Å². The van der Waals surface area contributed by atoms with Crippen molar-refractivity contribution in [1.82, 2.24) is 5.01 Å². The third kappa shape index (κ3) is 2.93. The monoisotopic (exact) mass is 440 g/mol. The largest absolute Gasteiger partial charge is 0.497 e. The van der Waals surface area contributed by atoms with Gasteiger partial charge in [0.15, 0.2) is 0 Å². The molecule has 3 heterocycles. The second-order valence-corrected chi connectivity index (χ2v) is 8.28. The van der Waals surface area contributed by atoms with E-state index >= 15 is 0 Å². The van der Waals surface area contributed by atoms with Gasteiger partial charge in [-0.05, 0) is 64.9 Å². The van der Waals surface area contributed by atoms with Crippen molar-refractivity contribution in [2.75, 3.05) is 7.11 Å². The Bertz CT molecular complexity index is 1000. The van der Waals surface area contributed by atoms with Crippen LogP contribution in [0.15, 0.2) is 68.9 Å². The Morgan fingerprint density at radius 2 is 2.04 bits per heavy atom. The van der Waals surface area contributed by atoms with Gasteiger partial charge in [0.1, 0.15) is 11.5 Å². The molecule has 2 aliphatic rings. The first-order chi connectivity index (χ1) is 13.2. The molecule has 3 aromatic rings. The number of hydrogen-bond acceptors (Lipinski definition) is 5. The molecule has 0 N–H and O–H groups in total. The molecule has 0 saturated heterocycles. The summed E-state index contributed by atoms with van der Waals surface area (Å²) in [5.74, 6) is 1.78. The van der Waals surface area contributed by atoms with E-state index in [1.807, 2.05) is 24.3 Å². The zero-order valence-corrected chi connectivity index (χ0v) is 17.0. The Morgan fingerprint density at radius 3 is 2.78 bits per heavy atom. The lowest BCUT2D eigenvalue weighted by Gasteiger charge is -2.37. The van der Waals surface area contributed by atoms with Gasteiger partial charge in [0.25, 0.3) is 0 Å². The van der Waals surface area contributed by atoms with Gasteiger partial charge in [0, 0.05) is 22.0 Å². The van der Waals surface area contributed by atoms with Gasteiger partial charge in [-0.15, -0.1) is 0 Å². The van der Waals surface area contributed by atoms with Gasteiger partial charge in [-0.3, -0.25) is 0 Å². The molecule has 0 radical (unpaired) electrons. The minimum absolute atomic E-state index is 0.160. The van der Waals surface area contributed by atoms with Gasteiger partial charge in [-0.1, -0.05) is 15.9 Å². The van der Waals surface area contributed by atoms with Crippen LogP contribution in [-0.2, 0) is 0 Å². The standard InChI is InChI=1S/C21H17BrN2O2S/c1-25-16-5-2-13(3-6-16)18-11-19-17-10-15(22)4-7-20(17)26-21(24(19)23-18)14-8-9-27-12-14/h2-10,12,19,21H,11H2,1H3. The molecule has 6 heteroatoms. The fourth-order valence-electron chi connectivity index (χ4n) is 3.65. The molecule has 0 spiro atoms. The van der Waals surface area contributed by atoms with Crippen molar-refractivity contribution in [3.05, 3.63) is 80.5 Å². The minimum atomic E-state index is -0.203. The summed E-state index contributed by atoms with van der Waals surface area (Å²) in [7, 11) is 1.68. The summed E-state index contributed by atoms with van der Waals surface area (Å²) in [5.41, 5.74) is 4.49. The van der Waals surface area contributed by atoms with Crippen molar-refractivity contribution >= 4 is 33.0 Å². The molecular weight excluding hydrogens is 424 g/mol. The normalized spacial score (nSPS) is 20.5. The SMILES string of the molecule is COc1ccc(C2=NN3C(C2)c2cc(Br)ccc2OC3c2ccsc2)cc1. The summed E-state index contributed by atoms with van der Waals surface area (Å²) in [6.07, 6.45) is 0.644. The van der Waals surface area contributed by atoms with Gasteiger partial charge < -0.3 is 9.47 Å². The first kappa shape index (κ1) is 16.8. The fraction of sp³-hybridized carbons (Fsp3) is 0.190. The van der Waals surface area contributed by atoms with Gasteiger partial charge in [-0.2, -0.15) is 16.4 Å². The van der Waals surface area contributed by atoms with E-state index in [9.17, 15) is 0 Å². The summed E-state index contributed by atoms with van der Waals surface area (Å²) < 4.78 is 12.7. The predicted octanol–water partition coefficient (Wildman–Crippen LogP) is 5.76. The lowest BCUT2D eigenvalue weighted by atomic mass is 9.96. The Labute approximate surface area is 170 Å². The van der Waals surface area contributed by atoms with Crippen molar-refractivity contribution in [1.29, 1.82) is 0 Å². The van der Waals surface area contributed by atoms with Crippen LogP contribution in [0.2, 0.25) is 0 Å². The maximum absolute atomic E-state index is 6.35. The lowest BCUT2D eigenvalue weighted by Crippen LogP contribution is -2.33. The van der Waals surface area contributed by atoms with E-state index in [1.54, 1.807) is 18.4 Å². The van der Waals surface area contributed by atoms with Gasteiger partial charge in [0.05, 0.1) is 18.9 Å². The topological polar surface area (TPSA) is 34.1 Å². The number of halogens is 1. The maximum atomic E-state index is 6.35. The molecule has 5 rings (SSSR count). The number of thiophene rings is 1. The number of nitrogens with zero attached hydrogens (tertiary/aromatic N) is 2. The Kier molecular flexibility index (Phi) is 4.17. The number of fused-ring (bicyclic) bond motifs is 3.